The van der Waals surface area contributed by atoms with E-state index in [4.69, 9.17) is 4.98 Å². The third-order valence-corrected chi connectivity index (χ3v) is 4.94. The van der Waals surface area contributed by atoms with Gasteiger partial charge in [-0.3, -0.25) is 19.7 Å². The van der Waals surface area contributed by atoms with Gasteiger partial charge in [-0.1, -0.05) is 18.6 Å². The van der Waals surface area contributed by atoms with Crippen LogP contribution in [0.3, 0.4) is 0 Å². The molecule has 0 bridgehead atoms. The summed E-state index contributed by atoms with van der Waals surface area (Å²) in [6.45, 7) is 3.75. The smallest absolute Gasteiger partial charge is 0.251 e. The molecule has 0 aromatic carbocycles. The molecule has 1 N–H and O–H groups in total. The van der Waals surface area contributed by atoms with Gasteiger partial charge in [0.15, 0.2) is 5.82 Å². The van der Waals surface area contributed by atoms with E-state index in [0.717, 1.165) is 49.4 Å². The molecule has 4 heterocycles. The molecule has 1 aliphatic heterocycles. The predicted molar refractivity (Wildman–Crippen MR) is 104 cm³/mol. The average molecular weight is 361 g/mol. The largest absolute Gasteiger partial charge is 0.305 e. The predicted octanol–water partition coefficient (Wildman–Crippen LogP) is 3.26. The summed E-state index contributed by atoms with van der Waals surface area (Å²) in [4.78, 5) is 31.2. The summed E-state index contributed by atoms with van der Waals surface area (Å²) in [7, 11) is 0. The fourth-order valence-corrected chi connectivity index (χ4v) is 3.68. The lowest BCUT2D eigenvalue weighted by molar-refractivity contribution is 0.135. The van der Waals surface area contributed by atoms with Crippen molar-refractivity contribution in [1.82, 2.24) is 24.8 Å². The Morgan fingerprint density at radius 2 is 2.07 bits per heavy atom. The molecule has 0 radical (unpaired) electrons. The average Bonchev–Trinajstić information content (AvgIpc) is 2.69. The highest BCUT2D eigenvalue weighted by Crippen LogP contribution is 2.31. The van der Waals surface area contributed by atoms with E-state index in [1.165, 1.54) is 0 Å². The Morgan fingerprint density at radius 3 is 2.89 bits per heavy atom. The summed E-state index contributed by atoms with van der Waals surface area (Å²) in [5.74, 6) is 0.525. The van der Waals surface area contributed by atoms with Crippen LogP contribution in [0.2, 0.25) is 0 Å². The number of pyridine rings is 2. The van der Waals surface area contributed by atoms with Crippen LogP contribution in [0.1, 0.15) is 42.4 Å². The number of nitrogens with zero attached hydrogens (tertiary/aromatic N) is 4. The number of hydrogen-bond acceptors (Lipinski definition) is 5. The van der Waals surface area contributed by atoms with Crippen LogP contribution in [0.4, 0.5) is 0 Å². The summed E-state index contributed by atoms with van der Waals surface area (Å²) >= 11 is 0. The number of H-pyrrole nitrogens is 1. The third-order valence-electron chi connectivity index (χ3n) is 4.94. The van der Waals surface area contributed by atoms with Gasteiger partial charge in [0.1, 0.15) is 5.69 Å². The quantitative estimate of drug-likeness (QED) is 0.772. The lowest BCUT2D eigenvalue weighted by atomic mass is 9.98. The van der Waals surface area contributed by atoms with Crippen molar-refractivity contribution in [3.05, 3.63) is 76.1 Å². The van der Waals surface area contributed by atoms with Gasteiger partial charge in [-0.25, -0.2) is 4.98 Å². The normalized spacial score (nSPS) is 17.7. The van der Waals surface area contributed by atoms with Crippen LogP contribution >= 0.6 is 0 Å². The van der Waals surface area contributed by atoms with Crippen molar-refractivity contribution in [2.45, 2.75) is 38.8 Å². The molecule has 1 fully saturated rings. The van der Waals surface area contributed by atoms with Crippen LogP contribution in [0.15, 0.2) is 53.5 Å². The van der Waals surface area contributed by atoms with E-state index < -0.39 is 0 Å². The van der Waals surface area contributed by atoms with Gasteiger partial charge >= 0.3 is 0 Å². The van der Waals surface area contributed by atoms with E-state index in [0.29, 0.717) is 11.5 Å². The molecule has 4 rings (SSSR count). The molecule has 0 aliphatic carbocycles. The number of aromatic amines is 1. The van der Waals surface area contributed by atoms with Gasteiger partial charge in [-0.15, -0.1) is 0 Å². The molecule has 27 heavy (non-hydrogen) atoms. The van der Waals surface area contributed by atoms with Crippen molar-refractivity contribution in [3.63, 3.8) is 0 Å². The summed E-state index contributed by atoms with van der Waals surface area (Å²) < 4.78 is 0. The Morgan fingerprint density at radius 1 is 1.15 bits per heavy atom. The number of rotatable bonds is 4. The van der Waals surface area contributed by atoms with Crippen molar-refractivity contribution in [2.75, 3.05) is 6.54 Å². The molecule has 0 spiro atoms. The third kappa shape index (κ3) is 4.11. The van der Waals surface area contributed by atoms with Crippen LogP contribution in [-0.4, -0.2) is 31.4 Å². The van der Waals surface area contributed by atoms with Crippen LogP contribution in [0.25, 0.3) is 11.5 Å². The Hall–Kier alpha value is -2.86. The molecule has 0 saturated carbocycles. The molecule has 138 valence electrons. The Bertz CT molecular complexity index is 970. The lowest BCUT2D eigenvalue weighted by Crippen LogP contribution is -2.34. The zero-order valence-corrected chi connectivity index (χ0v) is 15.4. The topological polar surface area (TPSA) is 74.8 Å². The number of aryl methyl sites for hydroxylation is 1. The van der Waals surface area contributed by atoms with Crippen molar-refractivity contribution in [2.24, 2.45) is 0 Å². The highest BCUT2D eigenvalue weighted by molar-refractivity contribution is 5.48. The molecule has 1 atom stereocenters. The molecular weight excluding hydrogens is 338 g/mol. The summed E-state index contributed by atoms with van der Waals surface area (Å²) in [6.07, 6.45) is 4.98. The highest BCUT2D eigenvalue weighted by Gasteiger charge is 2.26. The molecule has 3 aromatic heterocycles. The number of piperidine rings is 1. The van der Waals surface area contributed by atoms with Crippen LogP contribution in [-0.2, 0) is 6.54 Å². The summed E-state index contributed by atoms with van der Waals surface area (Å²) in [5, 5.41) is 0. The van der Waals surface area contributed by atoms with Crippen molar-refractivity contribution < 1.29 is 0 Å². The van der Waals surface area contributed by atoms with Crippen LogP contribution in [0, 0.1) is 6.92 Å². The standard InChI is InChI=1S/C21H23N5O/c1-15-7-6-8-16(23-15)14-26-12-5-3-10-19(26)18-13-20(27)25-21(24-18)17-9-2-4-11-22-17/h2,4,6-9,11,13,19H,3,5,10,12,14H2,1H3,(H,24,25,27). The van der Waals surface area contributed by atoms with Crippen molar-refractivity contribution in [1.29, 1.82) is 0 Å². The first-order chi connectivity index (χ1) is 13.2. The van der Waals surface area contributed by atoms with Crippen molar-refractivity contribution >= 4 is 0 Å². The van der Waals surface area contributed by atoms with Gasteiger partial charge in [0.2, 0.25) is 0 Å². The fourth-order valence-electron chi connectivity index (χ4n) is 3.68. The summed E-state index contributed by atoms with van der Waals surface area (Å²) in [6, 6.07) is 13.5. The number of aromatic nitrogens is 4. The van der Waals surface area contributed by atoms with E-state index in [1.807, 2.05) is 37.3 Å². The van der Waals surface area contributed by atoms with Crippen molar-refractivity contribution in [3.8, 4) is 11.5 Å². The molecule has 1 unspecified atom stereocenters. The maximum atomic E-state index is 12.3. The van der Waals surface area contributed by atoms with Gasteiger partial charge in [-0.05, 0) is 50.6 Å². The first-order valence-electron chi connectivity index (χ1n) is 9.38. The van der Waals surface area contributed by atoms with E-state index in [2.05, 4.69) is 25.9 Å². The van der Waals surface area contributed by atoms with Gasteiger partial charge < -0.3 is 4.98 Å². The number of likely N-dealkylation sites (tertiary alicyclic amines) is 1. The van der Waals surface area contributed by atoms with Gasteiger partial charge in [0, 0.05) is 24.5 Å². The second-order valence-corrected chi connectivity index (χ2v) is 6.99. The molecule has 6 heteroatoms. The maximum absolute atomic E-state index is 12.3. The minimum atomic E-state index is -0.139. The zero-order valence-electron chi connectivity index (χ0n) is 15.4. The molecule has 1 aliphatic rings. The van der Waals surface area contributed by atoms with E-state index >= 15 is 0 Å². The van der Waals surface area contributed by atoms with E-state index in [1.54, 1.807) is 12.3 Å². The summed E-state index contributed by atoms with van der Waals surface area (Å²) in [5.41, 5.74) is 3.43. The van der Waals surface area contributed by atoms with Crippen LogP contribution in [0.5, 0.6) is 0 Å². The van der Waals surface area contributed by atoms with Crippen LogP contribution < -0.4 is 5.56 Å². The second kappa shape index (κ2) is 7.80. The minimum absolute atomic E-state index is 0.117. The number of nitrogens with one attached hydrogen (secondary N) is 1. The Kier molecular flexibility index (Phi) is 5.07. The SMILES string of the molecule is Cc1cccc(CN2CCCCC2c2cc(=O)[nH]c(-c3ccccn3)n2)n1. The highest BCUT2D eigenvalue weighted by atomic mass is 16.1. The lowest BCUT2D eigenvalue weighted by Gasteiger charge is -2.35. The zero-order chi connectivity index (χ0) is 18.6. The number of hydrogen-bond donors (Lipinski definition) is 1. The molecular formula is C21H23N5O. The molecule has 0 amide bonds. The first kappa shape index (κ1) is 17.5. The van der Waals surface area contributed by atoms with E-state index in [-0.39, 0.29) is 11.6 Å². The fraction of sp³-hybridized carbons (Fsp3) is 0.333. The van der Waals surface area contributed by atoms with Gasteiger partial charge in [-0.2, -0.15) is 0 Å². The minimum Gasteiger partial charge on any atom is -0.305 e. The maximum Gasteiger partial charge on any atom is 0.251 e. The van der Waals surface area contributed by atoms with Gasteiger partial charge in [0.25, 0.3) is 5.56 Å². The molecule has 3 aromatic rings. The molecule has 1 saturated heterocycles. The Balaban J connectivity index is 1.65. The van der Waals surface area contributed by atoms with E-state index in [9.17, 15) is 4.79 Å². The second-order valence-electron chi connectivity index (χ2n) is 6.99. The Labute approximate surface area is 158 Å². The first-order valence-corrected chi connectivity index (χ1v) is 9.38. The monoisotopic (exact) mass is 361 g/mol. The van der Waals surface area contributed by atoms with Gasteiger partial charge in [0.05, 0.1) is 17.4 Å². The molecule has 6 nitrogen and oxygen atoms in total.